The predicted octanol–water partition coefficient (Wildman–Crippen LogP) is 2.07. The second-order valence-electron chi connectivity index (χ2n) is 2.76. The number of ether oxygens (including phenoxy) is 1. The molecule has 0 saturated carbocycles. The van der Waals surface area contributed by atoms with Crippen molar-refractivity contribution in [3.05, 3.63) is 29.1 Å². The molecule has 16 heavy (non-hydrogen) atoms. The summed E-state index contributed by atoms with van der Waals surface area (Å²) >= 11 is 0. The highest BCUT2D eigenvalue weighted by Gasteiger charge is 2.18. The Bertz CT molecular complexity index is 441. The topological polar surface area (TPSA) is 63.0 Å². The molecular weight excluding hydrogens is 218 g/mol. The first-order valence-electron chi connectivity index (χ1n) is 4.46. The van der Waals surface area contributed by atoms with Crippen molar-refractivity contribution in [2.24, 2.45) is 0 Å². The van der Waals surface area contributed by atoms with Gasteiger partial charge in [-0.2, -0.15) is 5.26 Å². The number of nitriles is 1. The van der Waals surface area contributed by atoms with Gasteiger partial charge in [-0.15, -0.1) is 0 Å². The van der Waals surface area contributed by atoms with Crippen LogP contribution in [0.4, 0.5) is 8.78 Å². The molecule has 1 heterocycles. The third-order valence-corrected chi connectivity index (χ3v) is 1.74. The molecule has 0 spiro atoms. The second kappa shape index (κ2) is 5.16. The van der Waals surface area contributed by atoms with E-state index in [0.717, 1.165) is 6.07 Å². The summed E-state index contributed by atoms with van der Waals surface area (Å²) in [6, 6.07) is 3.89. The van der Waals surface area contributed by atoms with E-state index in [2.05, 4.69) is 9.72 Å². The number of hydrogen-bond donors (Lipinski definition) is 0. The summed E-state index contributed by atoms with van der Waals surface area (Å²) in [6.45, 7) is 1.72. The number of esters is 1. The Kier molecular flexibility index (Phi) is 3.89. The molecular formula is C10H8F2N2O2. The largest absolute Gasteiger partial charge is 0.461 e. The number of rotatable bonds is 3. The quantitative estimate of drug-likeness (QED) is 0.740. The SMILES string of the molecule is CCOC(=O)c1ccc(C#N)c(C(F)F)n1. The van der Waals surface area contributed by atoms with Gasteiger partial charge in [0.25, 0.3) is 6.43 Å². The molecule has 0 radical (unpaired) electrons. The fraction of sp³-hybridized carbons (Fsp3) is 0.300. The normalized spacial score (nSPS) is 9.94. The van der Waals surface area contributed by atoms with Crippen LogP contribution in [-0.2, 0) is 4.74 Å². The van der Waals surface area contributed by atoms with Crippen molar-refractivity contribution in [2.45, 2.75) is 13.3 Å². The summed E-state index contributed by atoms with van der Waals surface area (Å²) in [7, 11) is 0. The smallest absolute Gasteiger partial charge is 0.356 e. The van der Waals surface area contributed by atoms with E-state index in [1.807, 2.05) is 0 Å². The molecule has 4 nitrogen and oxygen atoms in total. The van der Waals surface area contributed by atoms with E-state index in [1.165, 1.54) is 6.07 Å². The molecule has 0 aliphatic rings. The van der Waals surface area contributed by atoms with E-state index in [9.17, 15) is 13.6 Å². The van der Waals surface area contributed by atoms with Gasteiger partial charge in [0.1, 0.15) is 17.5 Å². The van der Waals surface area contributed by atoms with Gasteiger partial charge in [0, 0.05) is 0 Å². The lowest BCUT2D eigenvalue weighted by atomic mass is 10.2. The minimum Gasteiger partial charge on any atom is -0.461 e. The minimum atomic E-state index is -2.90. The molecule has 6 heteroatoms. The van der Waals surface area contributed by atoms with Crippen molar-refractivity contribution in [3.8, 4) is 6.07 Å². The van der Waals surface area contributed by atoms with E-state index >= 15 is 0 Å². The summed E-state index contributed by atoms with van der Waals surface area (Å²) in [5, 5.41) is 8.56. The number of alkyl halides is 2. The number of nitrogens with zero attached hydrogens (tertiary/aromatic N) is 2. The number of pyridine rings is 1. The van der Waals surface area contributed by atoms with Crippen LogP contribution in [0.25, 0.3) is 0 Å². The standard InChI is InChI=1S/C10H8F2N2O2/c1-2-16-10(15)7-4-3-6(5-13)8(14-7)9(11)12/h3-4,9H,2H2,1H3. The van der Waals surface area contributed by atoms with E-state index in [0.29, 0.717) is 0 Å². The average Bonchev–Trinajstić information content (AvgIpc) is 2.28. The first kappa shape index (κ1) is 12.0. The van der Waals surface area contributed by atoms with Crippen LogP contribution in [0.3, 0.4) is 0 Å². The van der Waals surface area contributed by atoms with Crippen molar-refractivity contribution >= 4 is 5.97 Å². The Balaban J connectivity index is 3.13. The number of carbonyl (C=O) groups excluding carboxylic acids is 1. The van der Waals surface area contributed by atoms with Crippen LogP contribution in [0.5, 0.6) is 0 Å². The third kappa shape index (κ3) is 2.51. The Morgan fingerprint density at radius 1 is 1.62 bits per heavy atom. The third-order valence-electron chi connectivity index (χ3n) is 1.74. The van der Waals surface area contributed by atoms with Gasteiger partial charge in [0.05, 0.1) is 12.2 Å². The summed E-state index contributed by atoms with van der Waals surface area (Å²) in [5.74, 6) is -0.783. The molecule has 1 aromatic rings. The lowest BCUT2D eigenvalue weighted by Crippen LogP contribution is -2.09. The van der Waals surface area contributed by atoms with Crippen LogP contribution in [0.1, 0.15) is 35.1 Å². The first-order chi connectivity index (χ1) is 7.60. The zero-order chi connectivity index (χ0) is 12.1. The van der Waals surface area contributed by atoms with Crippen LogP contribution < -0.4 is 0 Å². The summed E-state index contributed by atoms with van der Waals surface area (Å²) < 4.78 is 29.6. The monoisotopic (exact) mass is 226 g/mol. The average molecular weight is 226 g/mol. The molecule has 0 bridgehead atoms. The molecule has 1 rings (SSSR count). The van der Waals surface area contributed by atoms with Crippen molar-refractivity contribution in [3.63, 3.8) is 0 Å². The molecule has 84 valence electrons. The Morgan fingerprint density at radius 2 is 2.31 bits per heavy atom. The lowest BCUT2D eigenvalue weighted by molar-refractivity contribution is 0.0518. The van der Waals surface area contributed by atoms with Gasteiger partial charge in [-0.25, -0.2) is 18.6 Å². The Hall–Kier alpha value is -2.03. The highest BCUT2D eigenvalue weighted by molar-refractivity contribution is 5.87. The zero-order valence-electron chi connectivity index (χ0n) is 8.41. The van der Waals surface area contributed by atoms with Crippen molar-refractivity contribution < 1.29 is 18.3 Å². The molecule has 0 aromatic carbocycles. The predicted molar refractivity (Wildman–Crippen MR) is 49.9 cm³/mol. The maximum absolute atomic E-state index is 12.5. The van der Waals surface area contributed by atoms with Crippen LogP contribution in [-0.4, -0.2) is 17.6 Å². The fourth-order valence-electron chi connectivity index (χ4n) is 1.05. The lowest BCUT2D eigenvalue weighted by Gasteiger charge is -2.05. The van der Waals surface area contributed by atoms with Gasteiger partial charge in [-0.3, -0.25) is 0 Å². The molecule has 0 saturated heterocycles. The highest BCUT2D eigenvalue weighted by Crippen LogP contribution is 2.20. The molecule has 0 amide bonds. The molecule has 1 aromatic heterocycles. The molecule has 0 unspecified atom stereocenters. The van der Waals surface area contributed by atoms with Crippen LogP contribution in [0, 0.1) is 11.3 Å². The van der Waals surface area contributed by atoms with Crippen LogP contribution >= 0.6 is 0 Å². The van der Waals surface area contributed by atoms with Gasteiger partial charge in [-0.1, -0.05) is 0 Å². The van der Waals surface area contributed by atoms with Gasteiger partial charge in [0.15, 0.2) is 0 Å². The van der Waals surface area contributed by atoms with Crippen molar-refractivity contribution in [1.29, 1.82) is 5.26 Å². The number of carbonyl (C=O) groups is 1. The molecule has 0 aliphatic carbocycles. The van der Waals surface area contributed by atoms with Gasteiger partial charge in [-0.05, 0) is 19.1 Å². The van der Waals surface area contributed by atoms with E-state index in [4.69, 9.17) is 5.26 Å². The number of aromatic nitrogens is 1. The zero-order valence-corrected chi connectivity index (χ0v) is 8.41. The first-order valence-corrected chi connectivity index (χ1v) is 4.46. The summed E-state index contributed by atoms with van der Waals surface area (Å²) in [5.41, 5.74) is -1.17. The fourth-order valence-corrected chi connectivity index (χ4v) is 1.05. The Morgan fingerprint density at radius 3 is 2.81 bits per heavy atom. The molecule has 0 aliphatic heterocycles. The van der Waals surface area contributed by atoms with Gasteiger partial charge >= 0.3 is 5.97 Å². The Labute approximate surface area is 90.5 Å². The molecule has 0 fully saturated rings. The summed E-state index contributed by atoms with van der Waals surface area (Å²) in [4.78, 5) is 14.6. The van der Waals surface area contributed by atoms with E-state index in [1.54, 1.807) is 13.0 Å². The van der Waals surface area contributed by atoms with Crippen LogP contribution in [0.15, 0.2) is 12.1 Å². The number of hydrogen-bond acceptors (Lipinski definition) is 4. The summed E-state index contributed by atoms with van der Waals surface area (Å²) in [6.07, 6.45) is -2.90. The van der Waals surface area contributed by atoms with Gasteiger partial charge < -0.3 is 4.74 Å². The molecule has 0 N–H and O–H groups in total. The molecule has 0 atom stereocenters. The number of halogens is 2. The maximum atomic E-state index is 12.5. The second-order valence-corrected chi connectivity index (χ2v) is 2.76. The van der Waals surface area contributed by atoms with Crippen LogP contribution in [0.2, 0.25) is 0 Å². The maximum Gasteiger partial charge on any atom is 0.356 e. The van der Waals surface area contributed by atoms with E-state index in [-0.39, 0.29) is 17.9 Å². The van der Waals surface area contributed by atoms with E-state index < -0.39 is 18.1 Å². The van der Waals surface area contributed by atoms with Crippen molar-refractivity contribution in [1.82, 2.24) is 4.98 Å². The minimum absolute atomic E-state index is 0.129. The van der Waals surface area contributed by atoms with Gasteiger partial charge in [0.2, 0.25) is 0 Å². The van der Waals surface area contributed by atoms with Crippen molar-refractivity contribution in [2.75, 3.05) is 6.61 Å². The highest BCUT2D eigenvalue weighted by atomic mass is 19.3.